The van der Waals surface area contributed by atoms with Crippen LogP contribution in [0, 0.1) is 0 Å². The normalized spacial score (nSPS) is 14.0. The van der Waals surface area contributed by atoms with Crippen LogP contribution < -0.4 is 5.32 Å². The number of carbonyl (C=O) groups excluding carboxylic acids is 1. The van der Waals surface area contributed by atoms with E-state index >= 15 is 0 Å². The number of nitrogens with zero attached hydrogens (tertiary/aromatic N) is 4. The highest BCUT2D eigenvalue weighted by Crippen LogP contribution is 2.41. The summed E-state index contributed by atoms with van der Waals surface area (Å²) in [7, 11) is 1.30. The second kappa shape index (κ2) is 7.08. The predicted octanol–water partition coefficient (Wildman–Crippen LogP) is 2.72. The summed E-state index contributed by atoms with van der Waals surface area (Å²) < 4.78 is 41.4. The number of aromatic nitrogens is 4. The van der Waals surface area contributed by atoms with Gasteiger partial charge in [0.25, 0.3) is 0 Å². The van der Waals surface area contributed by atoms with E-state index in [1.54, 1.807) is 29.9 Å². The lowest BCUT2D eigenvalue weighted by molar-refractivity contribution is -0.270. The molecule has 0 aliphatic carbocycles. The quantitative estimate of drug-likeness (QED) is 0.691. The molecule has 7 nitrogen and oxygen atoms in total. The molecule has 0 aliphatic heterocycles. The molecular weight excluding hydrogens is 383 g/mol. The number of carbonyl (C=O) groups is 1. The molecule has 2 N–H and O–H groups in total. The minimum atomic E-state index is -5.09. The van der Waals surface area contributed by atoms with Crippen molar-refractivity contribution in [1.29, 1.82) is 0 Å². The van der Waals surface area contributed by atoms with Gasteiger partial charge in [0.2, 0.25) is 11.5 Å². The number of pyridine rings is 1. The van der Waals surface area contributed by atoms with Gasteiger partial charge in [-0.25, -0.2) is 9.97 Å². The Kier molecular flexibility index (Phi) is 4.98. The maximum Gasteiger partial charge on any atom is 0.425 e. The summed E-state index contributed by atoms with van der Waals surface area (Å²) in [4.78, 5) is 23.8. The van der Waals surface area contributed by atoms with Gasteiger partial charge < -0.3 is 15.0 Å². The summed E-state index contributed by atoms with van der Waals surface area (Å²) in [5.74, 6) is -1.70. The van der Waals surface area contributed by atoms with Crippen molar-refractivity contribution in [3.8, 4) is 11.3 Å². The molecule has 3 heterocycles. The molecule has 1 atom stereocenters. The van der Waals surface area contributed by atoms with Gasteiger partial charge in [0.1, 0.15) is 0 Å². The largest absolute Gasteiger partial charge is 0.425 e. The Bertz CT molecular complexity index is 941. The monoisotopic (exact) mass is 397 g/mol. The molecule has 3 rings (SSSR count). The van der Waals surface area contributed by atoms with Crippen LogP contribution in [-0.4, -0.2) is 36.7 Å². The number of halogens is 3. The minimum Gasteiger partial charge on any atom is -0.374 e. The highest BCUT2D eigenvalue weighted by Gasteiger charge is 2.58. The van der Waals surface area contributed by atoms with Gasteiger partial charge in [-0.1, -0.05) is 0 Å². The molecule has 11 heteroatoms. The van der Waals surface area contributed by atoms with E-state index in [0.29, 0.717) is 11.3 Å². The van der Waals surface area contributed by atoms with Crippen molar-refractivity contribution >= 4 is 22.4 Å². The number of hydrogen-bond acceptors (Lipinski definition) is 6. The number of thiazole rings is 1. The smallest absolute Gasteiger partial charge is 0.374 e. The van der Waals surface area contributed by atoms with Gasteiger partial charge in [0, 0.05) is 42.8 Å². The Morgan fingerprint density at radius 3 is 2.74 bits per heavy atom. The molecule has 0 spiro atoms. The molecule has 0 saturated heterocycles. The number of hydrogen-bond donors (Lipinski definition) is 2. The maximum absolute atomic E-state index is 13.5. The Labute approximate surface area is 155 Å². The van der Waals surface area contributed by atoms with E-state index in [9.17, 15) is 23.1 Å². The molecule has 0 aromatic carbocycles. The van der Waals surface area contributed by atoms with Crippen LogP contribution in [0.1, 0.15) is 12.2 Å². The first-order valence-corrected chi connectivity index (χ1v) is 8.51. The van der Waals surface area contributed by atoms with Crippen LogP contribution in [0.2, 0.25) is 0 Å². The molecule has 3 aromatic heterocycles. The summed E-state index contributed by atoms with van der Waals surface area (Å²) in [6.45, 7) is 0. The lowest BCUT2D eigenvalue weighted by Crippen LogP contribution is -2.46. The number of amides is 1. The molecule has 0 saturated carbocycles. The Morgan fingerprint density at radius 2 is 2.15 bits per heavy atom. The van der Waals surface area contributed by atoms with Crippen LogP contribution in [0.25, 0.3) is 11.3 Å². The van der Waals surface area contributed by atoms with E-state index in [2.05, 4.69) is 20.3 Å². The van der Waals surface area contributed by atoms with Crippen LogP contribution in [0.5, 0.6) is 0 Å². The molecule has 1 amide bonds. The highest BCUT2D eigenvalue weighted by atomic mass is 32.1. The molecule has 0 radical (unpaired) electrons. The molecule has 0 aliphatic rings. The second-order valence-corrected chi connectivity index (χ2v) is 6.58. The molecule has 27 heavy (non-hydrogen) atoms. The fourth-order valence-corrected chi connectivity index (χ4v) is 3.18. The first kappa shape index (κ1) is 19.0. The van der Waals surface area contributed by atoms with Crippen molar-refractivity contribution < 1.29 is 23.1 Å². The van der Waals surface area contributed by atoms with Crippen molar-refractivity contribution in [1.82, 2.24) is 19.5 Å². The fraction of sp³-hybridized carbons (Fsp3) is 0.250. The van der Waals surface area contributed by atoms with E-state index in [1.807, 2.05) is 0 Å². The van der Waals surface area contributed by atoms with Gasteiger partial charge >= 0.3 is 6.18 Å². The lowest BCUT2D eigenvalue weighted by atomic mass is 9.97. The van der Waals surface area contributed by atoms with Gasteiger partial charge in [-0.3, -0.25) is 9.78 Å². The van der Waals surface area contributed by atoms with Crippen LogP contribution in [0.15, 0.2) is 42.3 Å². The third-order valence-corrected chi connectivity index (χ3v) is 4.54. The number of aliphatic hydroxyl groups is 1. The topological polar surface area (TPSA) is 92.9 Å². The molecule has 142 valence electrons. The lowest BCUT2D eigenvalue weighted by Gasteiger charge is -2.29. The standard InChI is InChI=1S/C16H14F3N5O2S/c1-24-6-5-21-13(24)15(26,16(17,18)19)7-12(25)23-14-22-11(9-27-14)10-3-2-4-20-8-10/h2-6,8-9,26H,7H2,1H3,(H,22,23,25). The van der Waals surface area contributed by atoms with Crippen molar-refractivity contribution in [3.63, 3.8) is 0 Å². The van der Waals surface area contributed by atoms with E-state index < -0.39 is 29.9 Å². The Hall–Kier alpha value is -2.79. The predicted molar refractivity (Wildman–Crippen MR) is 91.8 cm³/mol. The Balaban J connectivity index is 1.78. The van der Waals surface area contributed by atoms with Gasteiger partial charge in [-0.2, -0.15) is 13.2 Å². The van der Waals surface area contributed by atoms with E-state index in [4.69, 9.17) is 0 Å². The summed E-state index contributed by atoms with van der Waals surface area (Å²) in [5.41, 5.74) is -2.19. The second-order valence-electron chi connectivity index (χ2n) is 5.72. The zero-order chi connectivity index (χ0) is 19.7. The SMILES string of the molecule is Cn1ccnc1C(O)(CC(=O)Nc1nc(-c2cccnc2)cs1)C(F)(F)F. The van der Waals surface area contributed by atoms with E-state index in [-0.39, 0.29) is 5.13 Å². The molecular formula is C16H14F3N5O2S. The van der Waals surface area contributed by atoms with Crippen LogP contribution >= 0.6 is 11.3 Å². The number of nitrogens with one attached hydrogen (secondary N) is 1. The van der Waals surface area contributed by atoms with Crippen LogP contribution in [-0.2, 0) is 17.4 Å². The van der Waals surface area contributed by atoms with E-state index in [1.165, 1.54) is 13.2 Å². The van der Waals surface area contributed by atoms with E-state index in [0.717, 1.165) is 22.1 Å². The molecule has 1 unspecified atom stereocenters. The van der Waals surface area contributed by atoms with Gasteiger partial charge in [-0.05, 0) is 12.1 Å². The van der Waals surface area contributed by atoms with Crippen molar-refractivity contribution in [2.75, 3.05) is 5.32 Å². The average Bonchev–Trinajstić information content (AvgIpc) is 3.23. The number of imidazole rings is 1. The maximum atomic E-state index is 13.5. The molecule has 0 fully saturated rings. The summed E-state index contributed by atoms with van der Waals surface area (Å²) >= 11 is 1.05. The summed E-state index contributed by atoms with van der Waals surface area (Å²) in [6.07, 6.45) is -0.801. The zero-order valence-corrected chi connectivity index (χ0v) is 14.8. The van der Waals surface area contributed by atoms with Gasteiger partial charge in [0.05, 0.1) is 12.1 Å². The highest BCUT2D eigenvalue weighted by molar-refractivity contribution is 7.14. The number of aryl methyl sites for hydroxylation is 1. The first-order valence-electron chi connectivity index (χ1n) is 7.63. The number of anilines is 1. The average molecular weight is 397 g/mol. The fourth-order valence-electron chi connectivity index (χ4n) is 2.44. The summed E-state index contributed by atoms with van der Waals surface area (Å²) in [5, 5.41) is 14.3. The van der Waals surface area contributed by atoms with Gasteiger partial charge in [-0.15, -0.1) is 11.3 Å². The van der Waals surface area contributed by atoms with Crippen molar-refractivity contribution in [3.05, 3.63) is 48.1 Å². The number of rotatable bonds is 5. The summed E-state index contributed by atoms with van der Waals surface area (Å²) in [6, 6.07) is 3.47. The zero-order valence-electron chi connectivity index (χ0n) is 13.9. The van der Waals surface area contributed by atoms with Crippen molar-refractivity contribution in [2.45, 2.75) is 18.2 Å². The Morgan fingerprint density at radius 1 is 1.37 bits per heavy atom. The van der Waals surface area contributed by atoms with Crippen molar-refractivity contribution in [2.24, 2.45) is 7.05 Å². The molecule has 3 aromatic rings. The van der Waals surface area contributed by atoms with Crippen LogP contribution in [0.4, 0.5) is 18.3 Å². The van der Waals surface area contributed by atoms with Gasteiger partial charge in [0.15, 0.2) is 11.0 Å². The first-order chi connectivity index (χ1) is 12.7. The third-order valence-electron chi connectivity index (χ3n) is 3.78. The minimum absolute atomic E-state index is 0.114. The van der Waals surface area contributed by atoms with Crippen LogP contribution in [0.3, 0.4) is 0 Å². The third kappa shape index (κ3) is 3.83. The molecule has 0 bridgehead atoms. The number of alkyl halides is 3.